The van der Waals surface area contributed by atoms with Gasteiger partial charge in [0.1, 0.15) is 0 Å². The molecule has 29 heavy (non-hydrogen) atoms. The summed E-state index contributed by atoms with van der Waals surface area (Å²) in [5, 5.41) is 2.43. The molecule has 1 aliphatic heterocycles. The van der Waals surface area contributed by atoms with E-state index >= 15 is 0 Å². The van der Waals surface area contributed by atoms with E-state index in [0.717, 1.165) is 23.1 Å². The standard InChI is InChI=1S/C20H24N2O6S/c1-11-7-13(11)18(23)21-5-6-22-19(24)16(29-20(22)25)10-12-8-14(26-2)17(28-4)15(9-12)27-3/h8-11,13H,5-7H2,1-4H3,(H,21,23)/b16-10+/t11-,13-/m1/s1. The fourth-order valence-electron chi connectivity index (χ4n) is 3.14. The van der Waals surface area contributed by atoms with Gasteiger partial charge in [0, 0.05) is 19.0 Å². The van der Waals surface area contributed by atoms with Crippen molar-refractivity contribution in [3.8, 4) is 17.2 Å². The summed E-state index contributed by atoms with van der Waals surface area (Å²) >= 11 is 0.864. The first-order valence-electron chi connectivity index (χ1n) is 9.22. The van der Waals surface area contributed by atoms with E-state index in [1.165, 1.54) is 21.3 Å². The Morgan fingerprint density at radius 3 is 2.34 bits per heavy atom. The molecule has 1 heterocycles. The van der Waals surface area contributed by atoms with Crippen LogP contribution in [-0.4, -0.2) is 56.4 Å². The average Bonchev–Trinajstić information content (AvgIpc) is 3.39. The zero-order valence-electron chi connectivity index (χ0n) is 16.8. The minimum absolute atomic E-state index is 0.0163. The third-order valence-corrected chi connectivity index (χ3v) is 5.85. The highest BCUT2D eigenvalue weighted by molar-refractivity contribution is 8.18. The van der Waals surface area contributed by atoms with Gasteiger partial charge in [-0.15, -0.1) is 0 Å². The Balaban J connectivity index is 1.70. The Kier molecular flexibility index (Phi) is 6.36. The molecule has 1 saturated carbocycles. The Hall–Kier alpha value is -2.68. The number of carbonyl (C=O) groups is 3. The summed E-state index contributed by atoms with van der Waals surface area (Å²) in [6, 6.07) is 3.40. The van der Waals surface area contributed by atoms with Gasteiger partial charge >= 0.3 is 0 Å². The van der Waals surface area contributed by atoms with Gasteiger partial charge in [0.25, 0.3) is 11.1 Å². The minimum Gasteiger partial charge on any atom is -0.493 e. The molecule has 1 aliphatic carbocycles. The number of hydrogen-bond acceptors (Lipinski definition) is 7. The van der Waals surface area contributed by atoms with Crippen molar-refractivity contribution in [3.63, 3.8) is 0 Å². The smallest absolute Gasteiger partial charge is 0.293 e. The molecule has 9 heteroatoms. The quantitative estimate of drug-likeness (QED) is 0.646. The van der Waals surface area contributed by atoms with Crippen LogP contribution < -0.4 is 19.5 Å². The number of nitrogens with one attached hydrogen (secondary N) is 1. The van der Waals surface area contributed by atoms with E-state index in [2.05, 4.69) is 5.32 Å². The molecule has 8 nitrogen and oxygen atoms in total. The summed E-state index contributed by atoms with van der Waals surface area (Å²) in [6.45, 7) is 2.41. The number of ether oxygens (including phenoxy) is 3. The number of carbonyl (C=O) groups excluding carboxylic acids is 3. The number of methoxy groups -OCH3 is 3. The molecule has 2 aliphatic rings. The van der Waals surface area contributed by atoms with Crippen LogP contribution in [0.5, 0.6) is 17.2 Å². The third kappa shape index (κ3) is 4.50. The van der Waals surface area contributed by atoms with Crippen LogP contribution in [0.4, 0.5) is 4.79 Å². The number of imide groups is 1. The second-order valence-corrected chi connectivity index (χ2v) is 7.90. The van der Waals surface area contributed by atoms with Gasteiger partial charge < -0.3 is 19.5 Å². The van der Waals surface area contributed by atoms with E-state index in [-0.39, 0.29) is 36.1 Å². The summed E-state index contributed by atoms with van der Waals surface area (Å²) in [6.07, 6.45) is 2.50. The Bertz CT molecular complexity index is 844. The lowest BCUT2D eigenvalue weighted by Crippen LogP contribution is -2.37. The zero-order valence-corrected chi connectivity index (χ0v) is 17.6. The van der Waals surface area contributed by atoms with E-state index in [1.807, 2.05) is 6.92 Å². The van der Waals surface area contributed by atoms with Crippen molar-refractivity contribution in [2.45, 2.75) is 13.3 Å². The van der Waals surface area contributed by atoms with Crippen LogP contribution in [0.3, 0.4) is 0 Å². The lowest BCUT2D eigenvalue weighted by Gasteiger charge is -2.13. The average molecular weight is 420 g/mol. The van der Waals surface area contributed by atoms with Gasteiger partial charge in [-0.1, -0.05) is 6.92 Å². The second-order valence-electron chi connectivity index (χ2n) is 6.90. The van der Waals surface area contributed by atoms with Crippen LogP contribution in [0.15, 0.2) is 17.0 Å². The number of benzene rings is 1. The second kappa shape index (κ2) is 8.77. The van der Waals surface area contributed by atoms with Gasteiger partial charge in [0.15, 0.2) is 11.5 Å². The molecule has 2 atom stereocenters. The van der Waals surface area contributed by atoms with Crippen molar-refractivity contribution in [2.24, 2.45) is 11.8 Å². The molecule has 0 unspecified atom stereocenters. The number of amides is 3. The summed E-state index contributed by atoms with van der Waals surface area (Å²) in [5.41, 5.74) is 0.640. The predicted molar refractivity (Wildman–Crippen MR) is 109 cm³/mol. The molecular formula is C20H24N2O6S. The fourth-order valence-corrected chi connectivity index (χ4v) is 4.00. The summed E-state index contributed by atoms with van der Waals surface area (Å²) in [5.74, 6) is 1.42. The summed E-state index contributed by atoms with van der Waals surface area (Å²) < 4.78 is 15.9. The predicted octanol–water partition coefficient (Wildman–Crippen LogP) is 2.52. The van der Waals surface area contributed by atoms with Gasteiger partial charge in [-0.05, 0) is 47.9 Å². The maximum Gasteiger partial charge on any atom is 0.293 e. The molecule has 1 saturated heterocycles. The highest BCUT2D eigenvalue weighted by Crippen LogP contribution is 2.40. The largest absolute Gasteiger partial charge is 0.493 e. The zero-order chi connectivity index (χ0) is 21.1. The normalized spacial score (nSPS) is 22.1. The Morgan fingerprint density at radius 1 is 1.21 bits per heavy atom. The number of hydrogen-bond donors (Lipinski definition) is 1. The molecular weight excluding hydrogens is 396 g/mol. The van der Waals surface area contributed by atoms with Crippen molar-refractivity contribution >= 4 is 34.9 Å². The maximum atomic E-state index is 12.6. The Morgan fingerprint density at radius 2 is 1.83 bits per heavy atom. The lowest BCUT2D eigenvalue weighted by molar-refractivity contribution is -0.125. The fraction of sp³-hybridized carbons (Fsp3) is 0.450. The molecule has 156 valence electrons. The molecule has 0 bridgehead atoms. The number of rotatable bonds is 8. The Labute approximate surface area is 173 Å². The first-order valence-corrected chi connectivity index (χ1v) is 10.0. The van der Waals surface area contributed by atoms with Gasteiger partial charge in [-0.25, -0.2) is 0 Å². The van der Waals surface area contributed by atoms with Crippen LogP contribution in [-0.2, 0) is 9.59 Å². The molecule has 3 rings (SSSR count). The number of thioether (sulfide) groups is 1. The van der Waals surface area contributed by atoms with Crippen LogP contribution in [0.25, 0.3) is 6.08 Å². The van der Waals surface area contributed by atoms with Gasteiger partial charge in [0.2, 0.25) is 11.7 Å². The lowest BCUT2D eigenvalue weighted by atomic mass is 10.1. The van der Waals surface area contributed by atoms with E-state index in [4.69, 9.17) is 14.2 Å². The SMILES string of the molecule is COc1cc(/C=C2/SC(=O)N(CCNC(=O)[C@@H]3C[C@H]3C)C2=O)cc(OC)c1OC. The number of nitrogens with zero attached hydrogens (tertiary/aromatic N) is 1. The van der Waals surface area contributed by atoms with Gasteiger partial charge in [0.05, 0.1) is 26.2 Å². The van der Waals surface area contributed by atoms with Crippen molar-refractivity contribution in [1.82, 2.24) is 10.2 Å². The first kappa shape index (κ1) is 21.0. The van der Waals surface area contributed by atoms with Crippen LogP contribution in [0.1, 0.15) is 18.9 Å². The molecule has 1 aromatic rings. The molecule has 0 aromatic heterocycles. The molecule has 2 fully saturated rings. The van der Waals surface area contributed by atoms with Crippen molar-refractivity contribution in [3.05, 3.63) is 22.6 Å². The van der Waals surface area contributed by atoms with Crippen LogP contribution >= 0.6 is 11.8 Å². The first-order chi connectivity index (χ1) is 13.9. The summed E-state index contributed by atoms with van der Waals surface area (Å²) in [7, 11) is 4.52. The van der Waals surface area contributed by atoms with Crippen molar-refractivity contribution in [2.75, 3.05) is 34.4 Å². The highest BCUT2D eigenvalue weighted by Gasteiger charge is 2.39. The van der Waals surface area contributed by atoms with E-state index in [1.54, 1.807) is 18.2 Å². The highest BCUT2D eigenvalue weighted by atomic mass is 32.2. The molecule has 0 radical (unpaired) electrons. The van der Waals surface area contributed by atoms with E-state index < -0.39 is 0 Å². The molecule has 3 amide bonds. The van der Waals surface area contributed by atoms with Gasteiger partial charge in [-0.3, -0.25) is 19.3 Å². The van der Waals surface area contributed by atoms with Crippen molar-refractivity contribution in [1.29, 1.82) is 0 Å². The molecule has 1 N–H and O–H groups in total. The minimum atomic E-state index is -0.386. The molecule has 0 spiro atoms. The van der Waals surface area contributed by atoms with E-state index in [9.17, 15) is 14.4 Å². The van der Waals surface area contributed by atoms with E-state index in [0.29, 0.717) is 33.6 Å². The molecule has 1 aromatic carbocycles. The van der Waals surface area contributed by atoms with Gasteiger partial charge in [-0.2, -0.15) is 0 Å². The summed E-state index contributed by atoms with van der Waals surface area (Å²) in [4.78, 5) is 38.2. The van der Waals surface area contributed by atoms with Crippen molar-refractivity contribution < 1.29 is 28.6 Å². The maximum absolute atomic E-state index is 12.6. The third-order valence-electron chi connectivity index (χ3n) is 4.94. The topological polar surface area (TPSA) is 94.2 Å². The monoisotopic (exact) mass is 420 g/mol. The van der Waals surface area contributed by atoms with Crippen LogP contribution in [0, 0.1) is 11.8 Å². The van der Waals surface area contributed by atoms with Crippen LogP contribution in [0.2, 0.25) is 0 Å².